The summed E-state index contributed by atoms with van der Waals surface area (Å²) in [4.78, 5) is 22.9. The van der Waals surface area contributed by atoms with E-state index in [4.69, 9.17) is 5.11 Å². The average Bonchev–Trinajstić information content (AvgIpc) is 3.53. The van der Waals surface area contributed by atoms with Crippen molar-refractivity contribution in [3.05, 3.63) is 102 Å². The summed E-state index contributed by atoms with van der Waals surface area (Å²) in [5, 5.41) is 20.0. The molecule has 0 unspecified atom stereocenters. The molecule has 0 radical (unpaired) electrons. The van der Waals surface area contributed by atoms with Gasteiger partial charge >= 0.3 is 11.9 Å². The van der Waals surface area contributed by atoms with Crippen LogP contribution in [0.1, 0.15) is 90.2 Å². The molecule has 6 rings (SSSR count). The van der Waals surface area contributed by atoms with Crippen LogP contribution in [0.25, 0.3) is 21.5 Å². The quantitative estimate of drug-likeness (QED) is 0.0273. The Kier molecular flexibility index (Phi) is 13.3. The van der Waals surface area contributed by atoms with Gasteiger partial charge in [0.2, 0.25) is 5.69 Å². The number of allylic oxidation sites excluding steroid dienone is 6. The number of carboxylic acids is 2. The zero-order chi connectivity index (χ0) is 46.3. The van der Waals surface area contributed by atoms with Crippen LogP contribution in [-0.4, -0.2) is 84.4 Å². The fourth-order valence-electron chi connectivity index (χ4n) is 9.01. The van der Waals surface area contributed by atoms with Gasteiger partial charge in [-0.2, -0.15) is 29.8 Å². The molecule has 0 amide bonds. The Bertz CT molecular complexity index is 3000. The fraction of sp³-hybridized carbons (Fsp3) is 0.356. The predicted molar refractivity (Wildman–Crippen MR) is 239 cm³/mol. The van der Waals surface area contributed by atoms with Gasteiger partial charge in [-0.05, 0) is 104 Å². The number of carbonyl (C=O) groups is 2. The molecule has 0 fully saturated rings. The van der Waals surface area contributed by atoms with E-state index in [2.05, 4.69) is 4.90 Å². The average molecular weight is 924 g/mol. The lowest BCUT2D eigenvalue weighted by atomic mass is 9.79. The fourth-order valence-corrected chi connectivity index (χ4v) is 10.9. The van der Waals surface area contributed by atoms with Crippen LogP contribution in [0.5, 0.6) is 0 Å². The molecule has 63 heavy (non-hydrogen) atoms. The van der Waals surface area contributed by atoms with Crippen molar-refractivity contribution >= 4 is 80.9 Å². The first-order valence-corrected chi connectivity index (χ1v) is 24.7. The summed E-state index contributed by atoms with van der Waals surface area (Å²) in [5.74, 6) is -1.77. The molecule has 0 aliphatic carbocycles. The maximum atomic E-state index is 12.5. The Morgan fingerprint density at radius 2 is 1.25 bits per heavy atom. The molecule has 0 atom stereocenters. The highest BCUT2D eigenvalue weighted by atomic mass is 32.2. The van der Waals surface area contributed by atoms with Crippen molar-refractivity contribution in [2.75, 3.05) is 18.0 Å². The molecule has 0 spiro atoms. The minimum Gasteiger partial charge on any atom is -0.481 e. The summed E-state index contributed by atoms with van der Waals surface area (Å²) < 4.78 is 106. The minimum atomic E-state index is -4.94. The van der Waals surface area contributed by atoms with Crippen molar-refractivity contribution in [1.82, 2.24) is 0 Å². The van der Waals surface area contributed by atoms with Crippen LogP contribution >= 0.6 is 0 Å². The molecule has 0 saturated heterocycles. The van der Waals surface area contributed by atoms with Crippen LogP contribution in [0.3, 0.4) is 0 Å². The van der Waals surface area contributed by atoms with E-state index in [-0.39, 0.29) is 28.5 Å². The van der Waals surface area contributed by atoms with Crippen LogP contribution in [0, 0.1) is 0 Å². The van der Waals surface area contributed by atoms with Crippen molar-refractivity contribution in [2.45, 2.75) is 105 Å². The van der Waals surface area contributed by atoms with Gasteiger partial charge in [0, 0.05) is 65.7 Å². The van der Waals surface area contributed by atoms with Gasteiger partial charge in [0.25, 0.3) is 30.4 Å². The van der Waals surface area contributed by atoms with Crippen molar-refractivity contribution in [3.8, 4) is 0 Å². The van der Waals surface area contributed by atoms with Crippen LogP contribution in [0.4, 0.5) is 11.4 Å². The molecular formula is C45H51N2O13S3+. The number of carboxylic acid groups (broad SMARTS) is 2. The second-order valence-corrected chi connectivity index (χ2v) is 21.1. The highest BCUT2D eigenvalue weighted by Gasteiger charge is 2.46. The van der Waals surface area contributed by atoms with Gasteiger partial charge in [-0.25, -0.2) is 0 Å². The van der Waals surface area contributed by atoms with E-state index < -0.39 is 62.9 Å². The molecule has 2 aliphatic heterocycles. The summed E-state index contributed by atoms with van der Waals surface area (Å²) in [7, 11) is -14.3. The zero-order valence-corrected chi connectivity index (χ0v) is 37.7. The van der Waals surface area contributed by atoms with Gasteiger partial charge in [0.15, 0.2) is 5.71 Å². The van der Waals surface area contributed by atoms with Crippen molar-refractivity contribution in [2.24, 2.45) is 0 Å². The summed E-state index contributed by atoms with van der Waals surface area (Å²) >= 11 is 0. The lowest BCUT2D eigenvalue weighted by molar-refractivity contribution is -0.438. The summed E-state index contributed by atoms with van der Waals surface area (Å²) in [6.45, 7) is 8.81. The van der Waals surface area contributed by atoms with E-state index in [0.29, 0.717) is 68.3 Å². The largest absolute Gasteiger partial charge is 0.481 e. The minimum absolute atomic E-state index is 0.00613. The molecule has 2 aliphatic rings. The maximum absolute atomic E-state index is 12.5. The lowest BCUT2D eigenvalue weighted by Crippen LogP contribution is -2.28. The first kappa shape index (κ1) is 47.2. The van der Waals surface area contributed by atoms with Crippen LogP contribution in [-0.2, 0) is 50.8 Å². The van der Waals surface area contributed by atoms with Crippen LogP contribution in [0.2, 0.25) is 0 Å². The zero-order valence-electron chi connectivity index (χ0n) is 35.3. The van der Waals surface area contributed by atoms with E-state index in [1.165, 1.54) is 24.3 Å². The Morgan fingerprint density at radius 3 is 1.87 bits per heavy atom. The number of unbranched alkanes of at least 4 members (excludes halogenated alkanes) is 4. The summed E-state index contributed by atoms with van der Waals surface area (Å²) in [6.07, 6.45) is 12.9. The number of anilines is 1. The van der Waals surface area contributed by atoms with Gasteiger partial charge < -0.3 is 15.1 Å². The van der Waals surface area contributed by atoms with Crippen molar-refractivity contribution in [1.29, 1.82) is 0 Å². The van der Waals surface area contributed by atoms with Gasteiger partial charge in [0.1, 0.15) is 11.4 Å². The second-order valence-electron chi connectivity index (χ2n) is 16.9. The highest BCUT2D eigenvalue weighted by Crippen LogP contribution is 2.51. The molecule has 4 aromatic rings. The molecule has 336 valence electrons. The maximum Gasteiger partial charge on any atom is 0.303 e. The topological polar surface area (TPSA) is 244 Å². The van der Waals surface area contributed by atoms with E-state index in [0.717, 1.165) is 34.1 Å². The molecule has 18 heteroatoms. The number of hydrogen-bond acceptors (Lipinski definition) is 9. The monoisotopic (exact) mass is 923 g/mol. The standard InChI is InChI=1S/C45H50N2O13S3/c1-44(2)38(46(24-12-6-10-16-40(48)49)35-22-19-29-18-20-30(61(52,53)54)26-33(29)42(35)44)14-8-5-9-15-39-45(3,4)43-34-27-31(62(55,56)57)28-37(63(58,59)60)32(34)21-23-36(43)47(39)25-13-7-11-17-41(50)51/h5,8-9,14-15,18-23,26-28H,6-7,10-13,16-17,24-25H2,1-4H3,(H4-,48,49,50,51,52,53,54,55,56,57,58,59,60)/p+1. The van der Waals surface area contributed by atoms with E-state index in [9.17, 15) is 53.6 Å². The third-order valence-corrected chi connectivity index (χ3v) is 14.4. The number of fused-ring (bicyclic) bond motifs is 6. The Morgan fingerprint density at radius 1 is 0.635 bits per heavy atom. The van der Waals surface area contributed by atoms with Gasteiger partial charge in [-0.3, -0.25) is 23.2 Å². The highest BCUT2D eigenvalue weighted by molar-refractivity contribution is 7.87. The SMILES string of the molecule is CC1(C)C(/C=C/C=C/C=C2/N(CCCCCC(=O)O)c3ccc4ccc(S(=O)(=O)O)cc4c3C2(C)C)=[N+](CCCCCC(=O)O)c2ccc3c(S(=O)(=O)O)cc(S(=O)(=O)O)cc3c21. The van der Waals surface area contributed by atoms with E-state index in [1.807, 2.05) is 74.8 Å². The predicted octanol–water partition coefficient (Wildman–Crippen LogP) is 8.19. The summed E-state index contributed by atoms with van der Waals surface area (Å²) in [6, 6.07) is 13.4. The van der Waals surface area contributed by atoms with Crippen molar-refractivity contribution < 1.29 is 63.3 Å². The first-order valence-electron chi connectivity index (χ1n) is 20.4. The molecule has 15 nitrogen and oxygen atoms in total. The second kappa shape index (κ2) is 17.7. The molecular weight excluding hydrogens is 873 g/mol. The molecule has 4 aromatic carbocycles. The molecule has 2 heterocycles. The number of benzene rings is 4. The smallest absolute Gasteiger partial charge is 0.303 e. The molecule has 0 saturated carbocycles. The number of aliphatic carboxylic acids is 2. The number of nitrogens with zero attached hydrogens (tertiary/aromatic N) is 2. The van der Waals surface area contributed by atoms with Crippen LogP contribution < -0.4 is 4.90 Å². The van der Waals surface area contributed by atoms with Crippen molar-refractivity contribution in [3.63, 3.8) is 0 Å². The number of hydrogen-bond donors (Lipinski definition) is 5. The summed E-state index contributed by atoms with van der Waals surface area (Å²) in [5.41, 5.74) is 3.00. The Balaban J connectivity index is 1.42. The van der Waals surface area contributed by atoms with Gasteiger partial charge in [-0.15, -0.1) is 0 Å². The molecule has 0 aromatic heterocycles. The van der Waals surface area contributed by atoms with Gasteiger partial charge in [0.05, 0.1) is 15.2 Å². The van der Waals surface area contributed by atoms with E-state index in [1.54, 1.807) is 12.1 Å². The molecule has 5 N–H and O–H groups in total. The number of rotatable bonds is 18. The Labute approximate surface area is 367 Å². The first-order chi connectivity index (χ1) is 29.3. The third-order valence-electron chi connectivity index (χ3n) is 11.9. The van der Waals surface area contributed by atoms with Crippen LogP contribution in [0.15, 0.2) is 105 Å². The lowest BCUT2D eigenvalue weighted by Gasteiger charge is -2.27. The van der Waals surface area contributed by atoms with E-state index >= 15 is 0 Å². The third kappa shape index (κ3) is 9.80. The normalized spacial score (nSPS) is 16.9. The Hall–Kier alpha value is -5.24. The van der Waals surface area contributed by atoms with Gasteiger partial charge in [-0.1, -0.05) is 50.6 Å². The molecule has 0 bridgehead atoms.